The third-order valence-corrected chi connectivity index (χ3v) is 5.67. The molecule has 2 aromatic carbocycles. The maximum Gasteiger partial charge on any atom is 0.336 e. The number of pyridine rings is 1. The van der Waals surface area contributed by atoms with E-state index in [1.165, 1.54) is 0 Å². The van der Waals surface area contributed by atoms with E-state index in [9.17, 15) is 9.90 Å². The van der Waals surface area contributed by atoms with Crippen LogP contribution in [-0.4, -0.2) is 32.9 Å². The van der Waals surface area contributed by atoms with E-state index in [0.29, 0.717) is 17.7 Å². The fourth-order valence-electron chi connectivity index (χ4n) is 4.07. The van der Waals surface area contributed by atoms with E-state index < -0.39 is 5.97 Å². The highest BCUT2D eigenvalue weighted by molar-refractivity contribution is 6.01. The average molecular weight is 396 g/mol. The minimum atomic E-state index is -0.928. The summed E-state index contributed by atoms with van der Waals surface area (Å²) in [5.74, 6) is -0.928. The number of aryl methyl sites for hydroxylation is 1. The van der Waals surface area contributed by atoms with Crippen LogP contribution in [-0.2, 0) is 13.5 Å². The lowest BCUT2D eigenvalue weighted by molar-refractivity contribution is 0.0695. The Morgan fingerprint density at radius 3 is 2.67 bits per heavy atom. The van der Waals surface area contributed by atoms with Crippen molar-refractivity contribution < 1.29 is 9.90 Å². The Morgan fingerprint density at radius 2 is 1.90 bits per heavy atom. The third-order valence-electron chi connectivity index (χ3n) is 5.67. The van der Waals surface area contributed by atoms with Crippen LogP contribution >= 0.6 is 0 Å². The SMILES string of the molecule is CN(c1ccccc1)c1ccc2c(C3=Cc4nccc(C(=O)O)c4C3)nn(C)c2c1. The van der Waals surface area contributed by atoms with E-state index in [1.807, 2.05) is 43.1 Å². The summed E-state index contributed by atoms with van der Waals surface area (Å²) in [5, 5.41) is 15.3. The molecule has 1 N–H and O–H groups in total. The zero-order valence-electron chi connectivity index (χ0n) is 16.7. The number of carboxylic acid groups (broad SMARTS) is 1. The number of hydrogen-bond acceptors (Lipinski definition) is 4. The van der Waals surface area contributed by atoms with Crippen LogP contribution in [0.3, 0.4) is 0 Å². The number of carboxylic acids is 1. The molecular formula is C24H20N4O2. The Labute approximate surface area is 173 Å². The molecule has 2 heterocycles. The molecule has 0 radical (unpaired) electrons. The lowest BCUT2D eigenvalue weighted by Crippen LogP contribution is -2.09. The van der Waals surface area contributed by atoms with Crippen molar-refractivity contribution in [3.8, 4) is 0 Å². The van der Waals surface area contributed by atoms with Crippen LogP contribution in [0.4, 0.5) is 11.4 Å². The van der Waals surface area contributed by atoms with Gasteiger partial charge in [-0.3, -0.25) is 9.67 Å². The van der Waals surface area contributed by atoms with Gasteiger partial charge >= 0.3 is 5.97 Å². The number of anilines is 2. The van der Waals surface area contributed by atoms with Gasteiger partial charge in [-0.2, -0.15) is 5.10 Å². The predicted octanol–water partition coefficient (Wildman–Crippen LogP) is 4.53. The Hall–Kier alpha value is -3.93. The first kappa shape index (κ1) is 18.1. The number of hydrogen-bond donors (Lipinski definition) is 1. The molecule has 0 aliphatic heterocycles. The average Bonchev–Trinajstić information content (AvgIpc) is 3.34. The molecular weight excluding hydrogens is 376 g/mol. The maximum atomic E-state index is 11.6. The number of fused-ring (bicyclic) bond motifs is 2. The fourth-order valence-corrected chi connectivity index (χ4v) is 4.07. The summed E-state index contributed by atoms with van der Waals surface area (Å²) < 4.78 is 1.88. The molecule has 4 aromatic rings. The van der Waals surface area contributed by atoms with Gasteiger partial charge in [0.2, 0.25) is 0 Å². The number of carbonyl (C=O) groups is 1. The van der Waals surface area contributed by atoms with Gasteiger partial charge in [0.15, 0.2) is 0 Å². The van der Waals surface area contributed by atoms with Crippen LogP contribution in [0.1, 0.15) is 27.3 Å². The van der Waals surface area contributed by atoms with Crippen LogP contribution in [0.15, 0.2) is 60.8 Å². The summed E-state index contributed by atoms with van der Waals surface area (Å²) in [7, 11) is 3.98. The van der Waals surface area contributed by atoms with Crippen molar-refractivity contribution in [1.82, 2.24) is 14.8 Å². The molecule has 0 bridgehead atoms. The Morgan fingerprint density at radius 1 is 1.10 bits per heavy atom. The molecule has 0 fully saturated rings. The Balaban J connectivity index is 1.55. The zero-order valence-corrected chi connectivity index (χ0v) is 16.7. The Kier molecular flexibility index (Phi) is 4.13. The zero-order chi connectivity index (χ0) is 20.8. The first-order valence-electron chi connectivity index (χ1n) is 9.70. The molecule has 0 unspecified atom stereocenters. The van der Waals surface area contributed by atoms with E-state index in [2.05, 4.69) is 40.2 Å². The van der Waals surface area contributed by atoms with Gasteiger partial charge in [-0.1, -0.05) is 18.2 Å². The molecule has 0 spiro atoms. The number of aromatic nitrogens is 3. The second kappa shape index (κ2) is 6.84. The molecule has 0 atom stereocenters. The lowest BCUT2D eigenvalue weighted by Gasteiger charge is -2.19. The molecule has 6 heteroatoms. The first-order chi connectivity index (χ1) is 14.5. The highest BCUT2D eigenvalue weighted by Gasteiger charge is 2.24. The summed E-state index contributed by atoms with van der Waals surface area (Å²) in [4.78, 5) is 18.1. The van der Waals surface area contributed by atoms with Crippen LogP contribution in [0.2, 0.25) is 0 Å². The van der Waals surface area contributed by atoms with Crippen molar-refractivity contribution in [2.75, 3.05) is 11.9 Å². The predicted molar refractivity (Wildman–Crippen MR) is 118 cm³/mol. The first-order valence-corrected chi connectivity index (χ1v) is 9.70. The summed E-state index contributed by atoms with van der Waals surface area (Å²) >= 11 is 0. The van der Waals surface area contributed by atoms with Gasteiger partial charge in [0.05, 0.1) is 22.5 Å². The second-order valence-corrected chi connectivity index (χ2v) is 7.44. The van der Waals surface area contributed by atoms with Gasteiger partial charge in [-0.15, -0.1) is 0 Å². The molecule has 0 amide bonds. The monoisotopic (exact) mass is 396 g/mol. The number of benzene rings is 2. The minimum Gasteiger partial charge on any atom is -0.478 e. The lowest BCUT2D eigenvalue weighted by atomic mass is 10.0. The quantitative estimate of drug-likeness (QED) is 0.549. The summed E-state index contributed by atoms with van der Waals surface area (Å²) in [6.45, 7) is 0. The number of nitrogens with zero attached hydrogens (tertiary/aromatic N) is 4. The van der Waals surface area contributed by atoms with Crippen molar-refractivity contribution in [3.63, 3.8) is 0 Å². The number of para-hydroxylation sites is 1. The molecule has 1 aliphatic carbocycles. The molecule has 2 aromatic heterocycles. The van der Waals surface area contributed by atoms with Gasteiger partial charge in [0.1, 0.15) is 0 Å². The van der Waals surface area contributed by atoms with Crippen molar-refractivity contribution >= 4 is 39.9 Å². The second-order valence-electron chi connectivity index (χ2n) is 7.44. The summed E-state index contributed by atoms with van der Waals surface area (Å²) in [6, 6.07) is 18.1. The summed E-state index contributed by atoms with van der Waals surface area (Å²) in [6.07, 6.45) is 4.01. The van der Waals surface area contributed by atoms with Gasteiger partial charge in [-0.25, -0.2) is 4.79 Å². The van der Waals surface area contributed by atoms with Crippen molar-refractivity contribution in [2.24, 2.45) is 7.05 Å². The van der Waals surface area contributed by atoms with Crippen LogP contribution in [0.25, 0.3) is 22.6 Å². The van der Waals surface area contributed by atoms with Crippen molar-refractivity contribution in [2.45, 2.75) is 6.42 Å². The van der Waals surface area contributed by atoms with Crippen LogP contribution in [0.5, 0.6) is 0 Å². The molecule has 0 saturated heterocycles. The van der Waals surface area contributed by atoms with Gasteiger partial charge in [-0.05, 0) is 53.6 Å². The third kappa shape index (κ3) is 2.85. The van der Waals surface area contributed by atoms with E-state index in [4.69, 9.17) is 5.10 Å². The summed E-state index contributed by atoms with van der Waals surface area (Å²) in [5.41, 5.74) is 6.83. The number of allylic oxidation sites excluding steroid dienone is 1. The maximum absolute atomic E-state index is 11.6. The van der Waals surface area contributed by atoms with Crippen molar-refractivity contribution in [1.29, 1.82) is 0 Å². The highest BCUT2D eigenvalue weighted by atomic mass is 16.4. The molecule has 6 nitrogen and oxygen atoms in total. The van der Waals surface area contributed by atoms with Gasteiger partial charge in [0.25, 0.3) is 0 Å². The van der Waals surface area contributed by atoms with Gasteiger partial charge in [0, 0.05) is 43.5 Å². The van der Waals surface area contributed by atoms with E-state index >= 15 is 0 Å². The van der Waals surface area contributed by atoms with E-state index in [0.717, 1.165) is 39.1 Å². The molecule has 5 rings (SSSR count). The molecule has 148 valence electrons. The topological polar surface area (TPSA) is 71.2 Å². The minimum absolute atomic E-state index is 0.304. The van der Waals surface area contributed by atoms with E-state index in [-0.39, 0.29) is 0 Å². The normalized spacial score (nSPS) is 12.7. The highest BCUT2D eigenvalue weighted by Crippen LogP contribution is 2.36. The van der Waals surface area contributed by atoms with Crippen LogP contribution < -0.4 is 4.90 Å². The number of rotatable bonds is 4. The molecule has 30 heavy (non-hydrogen) atoms. The van der Waals surface area contributed by atoms with E-state index in [1.54, 1.807) is 12.3 Å². The van der Waals surface area contributed by atoms with Crippen LogP contribution in [0, 0.1) is 0 Å². The van der Waals surface area contributed by atoms with Gasteiger partial charge < -0.3 is 10.0 Å². The molecule has 0 saturated carbocycles. The molecule has 1 aliphatic rings. The number of aromatic carboxylic acids is 1. The standard InChI is InChI=1S/C24H20N4O2/c1-27(16-6-4-3-5-7-16)17-8-9-19-22(14-17)28(2)26-23(19)15-12-20-18(24(29)30)10-11-25-21(20)13-15/h3-11,13-14H,12H2,1-2H3,(H,29,30). The largest absolute Gasteiger partial charge is 0.478 e. The Bertz CT molecular complexity index is 1320. The smallest absolute Gasteiger partial charge is 0.336 e. The fraction of sp³-hybridized carbons (Fsp3) is 0.125. The van der Waals surface area contributed by atoms with Crippen molar-refractivity contribution in [3.05, 3.63) is 83.3 Å².